The summed E-state index contributed by atoms with van der Waals surface area (Å²) in [5.74, 6) is 2.16. The highest BCUT2D eigenvalue weighted by Crippen LogP contribution is 2.69. The normalized spacial score (nSPS) is 50.7. The third-order valence-corrected chi connectivity index (χ3v) is 10.5. The van der Waals surface area contributed by atoms with Gasteiger partial charge in [0, 0.05) is 19.4 Å². The van der Waals surface area contributed by atoms with E-state index < -0.39 is 5.60 Å². The average Bonchev–Trinajstić information content (AvgIpc) is 3.24. The molecule has 2 N–H and O–H groups in total. The number of fused-ring (bicyclic) bond motifs is 5. The summed E-state index contributed by atoms with van der Waals surface area (Å²) in [5.41, 5.74) is 1.22. The second-order valence-corrected chi connectivity index (χ2v) is 11.4. The SMILES string of the molecule is C[C@H]1CC2(CC3=CC[C@@H]4[C@H](CC[C@@]5(C)[C@H]4CC[C@@]5(O)CCCO)[C@]31C)OCCO2. The van der Waals surface area contributed by atoms with Gasteiger partial charge >= 0.3 is 0 Å². The van der Waals surface area contributed by atoms with Gasteiger partial charge in [-0.25, -0.2) is 0 Å². The first-order valence-corrected chi connectivity index (χ1v) is 12.1. The molecule has 4 nitrogen and oxygen atoms in total. The van der Waals surface area contributed by atoms with Gasteiger partial charge in [0.05, 0.1) is 18.8 Å². The zero-order chi connectivity index (χ0) is 20.5. The number of allylic oxidation sites excluding steroid dienone is 1. The summed E-state index contributed by atoms with van der Waals surface area (Å²) in [4.78, 5) is 0. The van der Waals surface area contributed by atoms with Crippen LogP contribution in [0.1, 0.15) is 78.6 Å². The number of aliphatic hydroxyl groups excluding tert-OH is 1. The lowest BCUT2D eigenvalue weighted by Crippen LogP contribution is -2.57. The molecule has 164 valence electrons. The van der Waals surface area contributed by atoms with Crippen LogP contribution in [0.25, 0.3) is 0 Å². The van der Waals surface area contributed by atoms with E-state index in [4.69, 9.17) is 9.47 Å². The monoisotopic (exact) mass is 404 g/mol. The van der Waals surface area contributed by atoms with Crippen molar-refractivity contribution in [1.29, 1.82) is 0 Å². The Hall–Kier alpha value is -0.420. The third-order valence-electron chi connectivity index (χ3n) is 10.5. The second-order valence-electron chi connectivity index (χ2n) is 11.4. The number of rotatable bonds is 3. The van der Waals surface area contributed by atoms with Crippen molar-refractivity contribution in [3.8, 4) is 0 Å². The fraction of sp³-hybridized carbons (Fsp3) is 0.920. The average molecular weight is 405 g/mol. The molecule has 0 amide bonds. The Balaban J connectivity index is 1.44. The summed E-state index contributed by atoms with van der Waals surface area (Å²) in [7, 11) is 0. The summed E-state index contributed by atoms with van der Waals surface area (Å²) in [6.45, 7) is 8.95. The van der Waals surface area contributed by atoms with Gasteiger partial charge in [-0.3, -0.25) is 0 Å². The van der Waals surface area contributed by atoms with E-state index in [0.29, 0.717) is 30.1 Å². The second kappa shape index (κ2) is 6.79. The topological polar surface area (TPSA) is 58.9 Å². The van der Waals surface area contributed by atoms with Gasteiger partial charge in [-0.1, -0.05) is 32.4 Å². The summed E-state index contributed by atoms with van der Waals surface area (Å²) in [5, 5.41) is 20.9. The molecule has 29 heavy (non-hydrogen) atoms. The molecule has 0 unspecified atom stereocenters. The number of aliphatic hydroxyl groups is 2. The maximum atomic E-state index is 11.6. The van der Waals surface area contributed by atoms with E-state index in [1.807, 2.05) is 0 Å². The standard InChI is InChI=1S/C25H40O4/c1-17-15-25(28-13-14-29-25)16-18-5-6-19-20-8-11-24(27,9-4-12-26)22(20,2)10-7-21(19)23(17,18)3/h5,17,19-21,26-27H,4,6-16H2,1-3H3/t17-,19-,20-,21-,22-,23-,24-/m0/s1. The summed E-state index contributed by atoms with van der Waals surface area (Å²) in [6.07, 6.45) is 11.5. The number of hydrogen-bond donors (Lipinski definition) is 2. The van der Waals surface area contributed by atoms with E-state index in [0.717, 1.165) is 58.2 Å². The van der Waals surface area contributed by atoms with Crippen LogP contribution in [0.15, 0.2) is 11.6 Å². The van der Waals surface area contributed by atoms with Gasteiger partial charge in [-0.2, -0.15) is 0 Å². The molecule has 1 saturated heterocycles. The summed E-state index contributed by atoms with van der Waals surface area (Å²) in [6, 6.07) is 0. The Morgan fingerprint density at radius 1 is 1.10 bits per heavy atom. The molecular formula is C25H40O4. The van der Waals surface area contributed by atoms with E-state index in [1.165, 1.54) is 6.42 Å². The van der Waals surface area contributed by atoms with E-state index in [-0.39, 0.29) is 23.2 Å². The van der Waals surface area contributed by atoms with Crippen molar-refractivity contribution in [1.82, 2.24) is 0 Å². The Labute approximate surface area is 176 Å². The molecule has 1 heterocycles. The molecule has 0 aromatic heterocycles. The quantitative estimate of drug-likeness (QED) is 0.683. The molecule has 0 aromatic carbocycles. The highest BCUT2D eigenvalue weighted by molar-refractivity contribution is 5.28. The van der Waals surface area contributed by atoms with Crippen molar-refractivity contribution in [2.24, 2.45) is 34.5 Å². The van der Waals surface area contributed by atoms with Gasteiger partial charge in [0.2, 0.25) is 0 Å². The first kappa shape index (κ1) is 20.5. The lowest BCUT2D eigenvalue weighted by Gasteiger charge is -2.61. The van der Waals surface area contributed by atoms with Crippen molar-refractivity contribution in [3.63, 3.8) is 0 Å². The van der Waals surface area contributed by atoms with Gasteiger partial charge < -0.3 is 19.7 Å². The Bertz CT molecular complexity index is 682. The Morgan fingerprint density at radius 2 is 1.83 bits per heavy atom. The molecule has 5 rings (SSSR count). The molecule has 0 bridgehead atoms. The van der Waals surface area contributed by atoms with Crippen LogP contribution in [0.4, 0.5) is 0 Å². The first-order chi connectivity index (χ1) is 13.8. The molecule has 5 aliphatic rings. The van der Waals surface area contributed by atoms with Crippen LogP contribution in [0, 0.1) is 34.5 Å². The van der Waals surface area contributed by atoms with Crippen LogP contribution >= 0.6 is 0 Å². The molecule has 4 aliphatic carbocycles. The van der Waals surface area contributed by atoms with Gasteiger partial charge in [0.15, 0.2) is 5.79 Å². The maximum absolute atomic E-state index is 11.6. The van der Waals surface area contributed by atoms with Crippen LogP contribution < -0.4 is 0 Å². The van der Waals surface area contributed by atoms with E-state index in [2.05, 4.69) is 26.8 Å². The van der Waals surface area contributed by atoms with E-state index in [9.17, 15) is 10.2 Å². The molecule has 4 fully saturated rings. The van der Waals surface area contributed by atoms with Gasteiger partial charge in [-0.15, -0.1) is 0 Å². The van der Waals surface area contributed by atoms with Crippen molar-refractivity contribution in [2.45, 2.75) is 89.9 Å². The minimum absolute atomic E-state index is 0.00183. The van der Waals surface area contributed by atoms with Gasteiger partial charge in [0.1, 0.15) is 0 Å². The van der Waals surface area contributed by atoms with Crippen molar-refractivity contribution in [3.05, 3.63) is 11.6 Å². The molecule has 0 aromatic rings. The predicted molar refractivity (Wildman–Crippen MR) is 112 cm³/mol. The highest BCUT2D eigenvalue weighted by Gasteiger charge is 2.65. The molecule has 4 heteroatoms. The molecule has 3 saturated carbocycles. The Morgan fingerprint density at radius 3 is 2.55 bits per heavy atom. The van der Waals surface area contributed by atoms with Crippen molar-refractivity contribution >= 4 is 0 Å². The summed E-state index contributed by atoms with van der Waals surface area (Å²) < 4.78 is 12.2. The first-order valence-electron chi connectivity index (χ1n) is 12.1. The third kappa shape index (κ3) is 2.71. The number of hydrogen-bond acceptors (Lipinski definition) is 4. The summed E-state index contributed by atoms with van der Waals surface area (Å²) >= 11 is 0. The van der Waals surface area contributed by atoms with E-state index in [1.54, 1.807) is 5.57 Å². The zero-order valence-electron chi connectivity index (χ0n) is 18.6. The van der Waals surface area contributed by atoms with Crippen LogP contribution in [0.5, 0.6) is 0 Å². The Kier molecular flexibility index (Phi) is 4.79. The minimum atomic E-state index is -0.593. The van der Waals surface area contributed by atoms with Gasteiger partial charge in [-0.05, 0) is 79.4 Å². The van der Waals surface area contributed by atoms with Crippen LogP contribution in [0.2, 0.25) is 0 Å². The number of ether oxygens (including phenoxy) is 2. The van der Waals surface area contributed by atoms with Crippen LogP contribution in [-0.4, -0.2) is 41.4 Å². The fourth-order valence-corrected chi connectivity index (χ4v) is 8.69. The predicted octanol–water partition coefficient (Wildman–Crippen LogP) is 4.44. The highest BCUT2D eigenvalue weighted by atomic mass is 16.7. The molecule has 1 spiro atoms. The van der Waals surface area contributed by atoms with Gasteiger partial charge in [0.25, 0.3) is 0 Å². The van der Waals surface area contributed by atoms with Crippen LogP contribution in [0.3, 0.4) is 0 Å². The fourth-order valence-electron chi connectivity index (χ4n) is 8.69. The van der Waals surface area contributed by atoms with E-state index >= 15 is 0 Å². The lowest BCUT2D eigenvalue weighted by molar-refractivity contribution is -0.202. The minimum Gasteiger partial charge on any atom is -0.396 e. The molecular weight excluding hydrogens is 364 g/mol. The lowest BCUT2D eigenvalue weighted by atomic mass is 9.44. The molecule has 0 radical (unpaired) electrons. The van der Waals surface area contributed by atoms with Crippen LogP contribution in [-0.2, 0) is 9.47 Å². The maximum Gasteiger partial charge on any atom is 0.172 e. The van der Waals surface area contributed by atoms with Crippen molar-refractivity contribution < 1.29 is 19.7 Å². The zero-order valence-corrected chi connectivity index (χ0v) is 18.6. The molecule has 1 aliphatic heterocycles. The van der Waals surface area contributed by atoms with Crippen molar-refractivity contribution in [2.75, 3.05) is 19.8 Å². The molecule has 7 atom stereocenters. The smallest absolute Gasteiger partial charge is 0.172 e. The largest absolute Gasteiger partial charge is 0.396 e.